The summed E-state index contributed by atoms with van der Waals surface area (Å²) in [6.07, 6.45) is 10.6. The van der Waals surface area contributed by atoms with Crippen molar-refractivity contribution < 1.29 is 14.3 Å². The molecule has 1 aromatic heterocycles. The third-order valence-electron chi connectivity index (χ3n) is 6.17. The Labute approximate surface area is 149 Å². The Bertz CT molecular complexity index is 590. The number of hydrogen-bond donors (Lipinski definition) is 0. The van der Waals surface area contributed by atoms with Gasteiger partial charge < -0.3 is 14.4 Å². The van der Waals surface area contributed by atoms with Crippen molar-refractivity contribution in [1.29, 1.82) is 0 Å². The molecule has 0 bridgehead atoms. The van der Waals surface area contributed by atoms with Crippen LogP contribution in [-0.4, -0.2) is 54.8 Å². The number of carbonyl (C=O) groups is 1. The number of aromatic nitrogens is 1. The zero-order chi connectivity index (χ0) is 17.1. The molecule has 0 unspecified atom stereocenters. The number of fused-ring (bicyclic) bond motifs is 1. The zero-order valence-electron chi connectivity index (χ0n) is 14.9. The Hall–Kier alpha value is -1.46. The van der Waals surface area contributed by atoms with Crippen LogP contribution >= 0.6 is 0 Å². The first-order chi connectivity index (χ1) is 12.3. The zero-order valence-corrected chi connectivity index (χ0v) is 14.9. The van der Waals surface area contributed by atoms with E-state index in [1.165, 1.54) is 19.3 Å². The molecule has 0 N–H and O–H groups in total. The maximum Gasteiger partial charge on any atom is 0.253 e. The van der Waals surface area contributed by atoms with Gasteiger partial charge in [0.2, 0.25) is 0 Å². The minimum absolute atomic E-state index is 0.0388. The molecule has 2 aliphatic heterocycles. The van der Waals surface area contributed by atoms with E-state index in [1.54, 1.807) is 24.5 Å². The van der Waals surface area contributed by atoms with E-state index < -0.39 is 0 Å². The number of rotatable bonds is 5. The maximum absolute atomic E-state index is 12.9. The third kappa shape index (κ3) is 3.58. The molecule has 1 aromatic rings. The molecular weight excluding hydrogens is 316 g/mol. The molecular formula is C20H28N2O3. The molecule has 0 spiro atoms. The largest absolute Gasteiger partial charge is 0.380 e. The number of amides is 1. The van der Waals surface area contributed by atoms with Gasteiger partial charge in [-0.2, -0.15) is 0 Å². The Morgan fingerprint density at radius 1 is 1.28 bits per heavy atom. The summed E-state index contributed by atoms with van der Waals surface area (Å²) in [5, 5.41) is 0. The number of piperidine rings is 1. The van der Waals surface area contributed by atoms with E-state index in [2.05, 4.69) is 4.98 Å². The van der Waals surface area contributed by atoms with Crippen molar-refractivity contribution in [2.45, 2.75) is 44.6 Å². The van der Waals surface area contributed by atoms with Crippen LogP contribution in [-0.2, 0) is 9.47 Å². The number of pyridine rings is 1. The summed E-state index contributed by atoms with van der Waals surface area (Å²) < 4.78 is 12.2. The van der Waals surface area contributed by atoms with E-state index in [1.807, 2.05) is 4.90 Å². The van der Waals surface area contributed by atoms with Crippen molar-refractivity contribution in [2.75, 3.05) is 32.9 Å². The summed E-state index contributed by atoms with van der Waals surface area (Å²) in [4.78, 5) is 18.9. The monoisotopic (exact) mass is 344 g/mol. The summed E-state index contributed by atoms with van der Waals surface area (Å²) in [5.41, 5.74) is 0.680. The van der Waals surface area contributed by atoms with Crippen LogP contribution in [0.3, 0.4) is 0 Å². The highest BCUT2D eigenvalue weighted by molar-refractivity contribution is 5.94. The normalized spacial score (nSPS) is 29.8. The molecule has 1 saturated carbocycles. The van der Waals surface area contributed by atoms with Crippen molar-refractivity contribution in [2.24, 2.45) is 11.3 Å². The molecule has 136 valence electrons. The predicted molar refractivity (Wildman–Crippen MR) is 94.3 cm³/mol. The van der Waals surface area contributed by atoms with Gasteiger partial charge in [0.05, 0.1) is 12.7 Å². The van der Waals surface area contributed by atoms with Crippen LogP contribution < -0.4 is 0 Å². The van der Waals surface area contributed by atoms with Gasteiger partial charge in [-0.1, -0.05) is 6.42 Å². The van der Waals surface area contributed by atoms with Crippen LogP contribution in [0, 0.1) is 11.3 Å². The molecule has 4 rings (SSSR count). The van der Waals surface area contributed by atoms with E-state index in [-0.39, 0.29) is 17.4 Å². The molecule has 3 aliphatic rings. The number of carbonyl (C=O) groups excluding carboxylic acids is 1. The first-order valence-corrected chi connectivity index (χ1v) is 9.65. The summed E-state index contributed by atoms with van der Waals surface area (Å²) in [7, 11) is 0. The molecule has 2 atom stereocenters. The van der Waals surface area contributed by atoms with Gasteiger partial charge in [-0.25, -0.2) is 0 Å². The lowest BCUT2D eigenvalue weighted by molar-refractivity contribution is -0.150. The molecule has 5 heteroatoms. The molecule has 3 fully saturated rings. The maximum atomic E-state index is 12.9. The van der Waals surface area contributed by atoms with Gasteiger partial charge in [0, 0.05) is 49.7 Å². The highest BCUT2D eigenvalue weighted by atomic mass is 16.5. The van der Waals surface area contributed by atoms with Gasteiger partial charge in [0.1, 0.15) is 0 Å². The quantitative estimate of drug-likeness (QED) is 0.824. The molecule has 1 amide bonds. The van der Waals surface area contributed by atoms with Crippen molar-refractivity contribution in [3.63, 3.8) is 0 Å². The number of ether oxygens (including phenoxy) is 2. The van der Waals surface area contributed by atoms with Crippen molar-refractivity contribution >= 4 is 5.91 Å². The Kier molecular flexibility index (Phi) is 5.04. The lowest BCUT2D eigenvalue weighted by Crippen LogP contribution is -2.58. The minimum Gasteiger partial charge on any atom is -0.380 e. The van der Waals surface area contributed by atoms with Gasteiger partial charge >= 0.3 is 0 Å². The molecule has 1 aliphatic carbocycles. The smallest absolute Gasteiger partial charge is 0.253 e. The fourth-order valence-corrected chi connectivity index (χ4v) is 4.44. The van der Waals surface area contributed by atoms with Gasteiger partial charge in [-0.15, -0.1) is 0 Å². The summed E-state index contributed by atoms with van der Waals surface area (Å²) in [5.74, 6) is 0.849. The summed E-state index contributed by atoms with van der Waals surface area (Å²) in [6.45, 7) is 3.92. The first kappa shape index (κ1) is 17.0. The number of likely N-dealkylation sites (tertiary alicyclic amines) is 1. The highest BCUT2D eigenvalue weighted by Crippen LogP contribution is 2.41. The van der Waals surface area contributed by atoms with Crippen LogP contribution in [0.25, 0.3) is 0 Å². The van der Waals surface area contributed by atoms with Crippen molar-refractivity contribution in [3.05, 3.63) is 30.1 Å². The van der Waals surface area contributed by atoms with E-state index in [0.29, 0.717) is 6.61 Å². The third-order valence-corrected chi connectivity index (χ3v) is 6.17. The lowest BCUT2D eigenvalue weighted by atomic mass is 9.73. The second kappa shape index (κ2) is 7.42. The SMILES string of the molecule is O=C(c1ccncc1)N1CC[C@H]2OCCC[C@]2(COCC2CCC2)C1. The van der Waals surface area contributed by atoms with E-state index >= 15 is 0 Å². The standard InChI is InChI=1S/C20H28N2O3/c23-19(17-5-9-21-10-6-17)22-11-7-18-20(14-22,8-2-12-25-18)15-24-13-16-3-1-4-16/h5-6,9-10,16,18H,1-4,7-8,11-15H2/t18-,20-/m1/s1. The van der Waals surface area contributed by atoms with Gasteiger partial charge in [-0.3, -0.25) is 9.78 Å². The van der Waals surface area contributed by atoms with E-state index in [0.717, 1.165) is 57.0 Å². The van der Waals surface area contributed by atoms with E-state index in [4.69, 9.17) is 9.47 Å². The number of hydrogen-bond acceptors (Lipinski definition) is 4. The lowest BCUT2D eigenvalue weighted by Gasteiger charge is -2.50. The summed E-state index contributed by atoms with van der Waals surface area (Å²) >= 11 is 0. The fraction of sp³-hybridized carbons (Fsp3) is 0.700. The molecule has 0 aromatic carbocycles. The van der Waals surface area contributed by atoms with Crippen LogP contribution in [0.2, 0.25) is 0 Å². The Morgan fingerprint density at radius 3 is 2.88 bits per heavy atom. The second-order valence-electron chi connectivity index (χ2n) is 7.89. The van der Waals surface area contributed by atoms with Crippen LogP contribution in [0.5, 0.6) is 0 Å². The molecule has 2 saturated heterocycles. The van der Waals surface area contributed by atoms with Crippen LogP contribution in [0.4, 0.5) is 0 Å². The highest BCUT2D eigenvalue weighted by Gasteiger charge is 2.47. The average Bonchev–Trinajstić information content (AvgIpc) is 2.63. The average molecular weight is 344 g/mol. The van der Waals surface area contributed by atoms with Crippen molar-refractivity contribution in [1.82, 2.24) is 9.88 Å². The number of nitrogens with zero attached hydrogens (tertiary/aromatic N) is 2. The molecule has 0 radical (unpaired) electrons. The Balaban J connectivity index is 1.44. The van der Waals surface area contributed by atoms with Crippen molar-refractivity contribution in [3.8, 4) is 0 Å². The summed E-state index contributed by atoms with van der Waals surface area (Å²) in [6, 6.07) is 3.59. The molecule has 3 heterocycles. The second-order valence-corrected chi connectivity index (χ2v) is 7.89. The topological polar surface area (TPSA) is 51.7 Å². The van der Waals surface area contributed by atoms with E-state index in [9.17, 15) is 4.79 Å². The minimum atomic E-state index is -0.0388. The van der Waals surface area contributed by atoms with Gasteiger partial charge in [0.25, 0.3) is 5.91 Å². The first-order valence-electron chi connectivity index (χ1n) is 9.65. The van der Waals surface area contributed by atoms with Gasteiger partial charge in [-0.05, 0) is 50.2 Å². The van der Waals surface area contributed by atoms with Gasteiger partial charge in [0.15, 0.2) is 0 Å². The van der Waals surface area contributed by atoms with Crippen LogP contribution in [0.1, 0.15) is 48.9 Å². The predicted octanol–water partition coefficient (Wildman–Crippen LogP) is 2.91. The fourth-order valence-electron chi connectivity index (χ4n) is 4.44. The molecule has 5 nitrogen and oxygen atoms in total. The van der Waals surface area contributed by atoms with Crippen LogP contribution in [0.15, 0.2) is 24.5 Å². The Morgan fingerprint density at radius 2 is 2.12 bits per heavy atom. The molecule has 25 heavy (non-hydrogen) atoms.